The Morgan fingerprint density at radius 1 is 0.857 bits per heavy atom. The van der Waals surface area contributed by atoms with Gasteiger partial charge in [0.1, 0.15) is 23.1 Å². The summed E-state index contributed by atoms with van der Waals surface area (Å²) in [5, 5.41) is 14.8. The molecule has 1 saturated heterocycles. The number of hydrogen-bond donors (Lipinski definition) is 2. The summed E-state index contributed by atoms with van der Waals surface area (Å²) in [6.07, 6.45) is 3.08. The first kappa shape index (κ1) is 33.8. The van der Waals surface area contributed by atoms with Crippen molar-refractivity contribution in [3.05, 3.63) is 95.8 Å². The van der Waals surface area contributed by atoms with E-state index in [1.54, 1.807) is 0 Å². The monoisotopic (exact) mass is 581 g/mol. The van der Waals surface area contributed by atoms with Gasteiger partial charge in [0.2, 0.25) is 0 Å². The molecule has 0 spiro atoms. The van der Waals surface area contributed by atoms with Crippen LogP contribution in [0.2, 0.25) is 0 Å². The summed E-state index contributed by atoms with van der Waals surface area (Å²) in [5.41, 5.74) is 0.940. The molecule has 42 heavy (non-hydrogen) atoms. The second-order valence-electron chi connectivity index (χ2n) is 9.76. The van der Waals surface area contributed by atoms with Crippen LogP contribution >= 0.6 is 0 Å². The molecule has 3 aromatic rings. The number of halogens is 1. The Bertz CT molecular complexity index is 1320. The van der Waals surface area contributed by atoms with E-state index in [-0.39, 0.29) is 22.9 Å². The van der Waals surface area contributed by atoms with Crippen molar-refractivity contribution < 1.29 is 44.0 Å². The fourth-order valence-corrected chi connectivity index (χ4v) is 5.00. The van der Waals surface area contributed by atoms with Crippen LogP contribution in [0, 0.1) is 5.82 Å². The third-order valence-electron chi connectivity index (χ3n) is 7.17. The molecule has 224 valence electrons. The van der Waals surface area contributed by atoms with Gasteiger partial charge in [-0.05, 0) is 81.4 Å². The number of piperidine rings is 1. The van der Waals surface area contributed by atoms with Crippen molar-refractivity contribution in [3.8, 4) is 11.5 Å². The Morgan fingerprint density at radius 3 is 2.00 bits per heavy atom. The molecule has 3 aromatic carbocycles. The van der Waals surface area contributed by atoms with Gasteiger partial charge < -0.3 is 25.3 Å². The summed E-state index contributed by atoms with van der Waals surface area (Å²) < 4.78 is 19.3. The molecule has 0 atom stereocenters. The average molecular weight is 582 g/mol. The molecule has 9 nitrogen and oxygen atoms in total. The number of carbonyl (C=O) groups excluding carboxylic acids is 2. The second-order valence-corrected chi connectivity index (χ2v) is 9.76. The number of ketones is 2. The van der Waals surface area contributed by atoms with Crippen LogP contribution in [0.4, 0.5) is 4.39 Å². The highest BCUT2D eigenvalue weighted by molar-refractivity contribution is 6.27. The van der Waals surface area contributed by atoms with Crippen molar-refractivity contribution in [2.45, 2.75) is 44.4 Å². The van der Waals surface area contributed by atoms with Crippen LogP contribution in [0.3, 0.4) is 0 Å². The van der Waals surface area contributed by atoms with Gasteiger partial charge in [0, 0.05) is 24.0 Å². The summed E-state index contributed by atoms with van der Waals surface area (Å²) in [7, 11) is 0. The topological polar surface area (TPSA) is 153 Å². The van der Waals surface area contributed by atoms with Crippen molar-refractivity contribution in [2.75, 3.05) is 19.6 Å². The molecule has 1 heterocycles. The van der Waals surface area contributed by atoms with Gasteiger partial charge in [-0.25, -0.2) is 14.0 Å². The predicted molar refractivity (Wildman–Crippen MR) is 154 cm³/mol. The highest BCUT2D eigenvalue weighted by atomic mass is 19.1. The Morgan fingerprint density at radius 2 is 1.43 bits per heavy atom. The molecule has 1 fully saturated rings. The number of carbonyl (C=O) groups is 4. The van der Waals surface area contributed by atoms with Crippen LogP contribution < -0.4 is 4.74 Å². The number of carboxylic acid groups (broad SMARTS) is 2. The van der Waals surface area contributed by atoms with Crippen LogP contribution in [0.5, 0.6) is 11.5 Å². The minimum absolute atomic E-state index is 0. The third-order valence-corrected chi connectivity index (χ3v) is 7.17. The lowest BCUT2D eigenvalue weighted by molar-refractivity contribution is -0.159. The number of ether oxygens (including phenoxy) is 1. The van der Waals surface area contributed by atoms with E-state index in [0.717, 1.165) is 56.0 Å². The number of rotatable bonds is 10. The Labute approximate surface area is 243 Å². The zero-order chi connectivity index (χ0) is 29.8. The number of aliphatic carboxylic acids is 2. The van der Waals surface area contributed by atoms with Crippen LogP contribution in [0.15, 0.2) is 78.9 Å². The third kappa shape index (κ3) is 9.05. The van der Waals surface area contributed by atoms with E-state index in [1.807, 2.05) is 61.5 Å². The van der Waals surface area contributed by atoms with Gasteiger partial charge in [-0.3, -0.25) is 9.59 Å². The standard InChI is InChI=1S/C30H32FNO3.C2H2O4.H2O/c1-2-29(34)30(26-11-6-7-13-28(26)35-25-9-4-3-5-10-25)18-21-32(22-19-30)20-8-12-27(33)23-14-16-24(31)17-15-23;3-1(4)2(5)6;/h3-7,9-11,13-17H,2,8,12,18-22H2,1H3;(H,3,4)(H,5,6);1H2. The van der Waals surface area contributed by atoms with Crippen LogP contribution in [0.25, 0.3) is 0 Å². The molecule has 0 aliphatic carbocycles. The number of benzene rings is 3. The minimum atomic E-state index is -1.82. The van der Waals surface area contributed by atoms with Gasteiger partial charge in [-0.2, -0.15) is 0 Å². The first-order valence-corrected chi connectivity index (χ1v) is 13.5. The smallest absolute Gasteiger partial charge is 0.414 e. The lowest BCUT2D eigenvalue weighted by Gasteiger charge is -2.41. The zero-order valence-corrected chi connectivity index (χ0v) is 23.4. The molecule has 0 bridgehead atoms. The molecule has 0 unspecified atom stereocenters. The molecular weight excluding hydrogens is 545 g/mol. The zero-order valence-electron chi connectivity index (χ0n) is 23.4. The van der Waals surface area contributed by atoms with E-state index in [1.165, 1.54) is 24.3 Å². The van der Waals surface area contributed by atoms with Crippen LogP contribution in [-0.4, -0.2) is 63.7 Å². The van der Waals surface area contributed by atoms with E-state index in [0.29, 0.717) is 18.4 Å². The number of Topliss-reactive ketones (excluding diaryl/α,β-unsaturated/α-hetero) is 2. The van der Waals surface area contributed by atoms with Crippen molar-refractivity contribution in [3.63, 3.8) is 0 Å². The number of nitrogens with zero attached hydrogens (tertiary/aromatic N) is 1. The van der Waals surface area contributed by atoms with Crippen molar-refractivity contribution >= 4 is 23.5 Å². The summed E-state index contributed by atoms with van der Waals surface area (Å²) >= 11 is 0. The maximum Gasteiger partial charge on any atom is 0.414 e. The van der Waals surface area contributed by atoms with E-state index >= 15 is 0 Å². The normalized spacial score (nSPS) is 14.0. The van der Waals surface area contributed by atoms with E-state index in [2.05, 4.69) is 4.90 Å². The minimum Gasteiger partial charge on any atom is -0.473 e. The predicted octanol–water partition coefficient (Wildman–Crippen LogP) is 4.92. The Hall–Kier alpha value is -4.41. The molecule has 0 saturated carbocycles. The molecule has 1 aliphatic heterocycles. The quantitative estimate of drug-likeness (QED) is 0.253. The van der Waals surface area contributed by atoms with E-state index in [4.69, 9.17) is 24.5 Å². The number of carboxylic acids is 2. The summed E-state index contributed by atoms with van der Waals surface area (Å²) in [6.45, 7) is 4.30. The van der Waals surface area contributed by atoms with Gasteiger partial charge in [0.05, 0.1) is 5.41 Å². The highest BCUT2D eigenvalue weighted by Crippen LogP contribution is 2.43. The average Bonchev–Trinajstić information content (AvgIpc) is 2.98. The van der Waals surface area contributed by atoms with Crippen LogP contribution in [-0.2, 0) is 19.8 Å². The van der Waals surface area contributed by atoms with Gasteiger partial charge in [0.15, 0.2) is 5.78 Å². The lowest BCUT2D eigenvalue weighted by atomic mass is 9.68. The van der Waals surface area contributed by atoms with E-state index in [9.17, 15) is 14.0 Å². The maximum absolute atomic E-state index is 13.3. The Kier molecular flexibility index (Phi) is 13.0. The SMILES string of the molecule is CCC(=O)C1(c2ccccc2Oc2ccccc2)CCN(CCCC(=O)c2ccc(F)cc2)CC1.O.O=C(O)C(=O)O. The van der Waals surface area contributed by atoms with Gasteiger partial charge in [0.25, 0.3) is 0 Å². The molecular formula is C32H36FNO8. The summed E-state index contributed by atoms with van der Waals surface area (Å²) in [4.78, 5) is 46.3. The molecule has 1 aliphatic rings. The van der Waals surface area contributed by atoms with Gasteiger partial charge in [-0.15, -0.1) is 0 Å². The fraction of sp³-hybridized carbons (Fsp3) is 0.312. The second kappa shape index (κ2) is 16.1. The number of likely N-dealkylation sites (tertiary alicyclic amines) is 1. The molecule has 4 N–H and O–H groups in total. The lowest BCUT2D eigenvalue weighted by Crippen LogP contribution is -2.47. The molecule has 0 amide bonds. The first-order chi connectivity index (χ1) is 19.7. The highest BCUT2D eigenvalue weighted by Gasteiger charge is 2.43. The summed E-state index contributed by atoms with van der Waals surface area (Å²) in [5.74, 6) is -2.22. The summed E-state index contributed by atoms with van der Waals surface area (Å²) in [6, 6.07) is 23.3. The molecule has 4 rings (SSSR count). The Balaban J connectivity index is 0.000000798. The first-order valence-electron chi connectivity index (χ1n) is 13.5. The van der Waals surface area contributed by atoms with Gasteiger partial charge >= 0.3 is 11.9 Å². The number of para-hydroxylation sites is 2. The largest absolute Gasteiger partial charge is 0.473 e. The van der Waals surface area contributed by atoms with Crippen molar-refractivity contribution in [1.29, 1.82) is 0 Å². The van der Waals surface area contributed by atoms with Crippen molar-refractivity contribution in [1.82, 2.24) is 4.90 Å². The molecule has 10 heteroatoms. The number of hydrogen-bond acceptors (Lipinski definition) is 6. The van der Waals surface area contributed by atoms with Gasteiger partial charge in [-0.1, -0.05) is 43.3 Å². The fourth-order valence-electron chi connectivity index (χ4n) is 5.00. The maximum atomic E-state index is 13.3. The molecule has 0 aromatic heterocycles. The van der Waals surface area contributed by atoms with Crippen molar-refractivity contribution in [2.24, 2.45) is 0 Å². The molecule has 0 radical (unpaired) electrons. The van der Waals surface area contributed by atoms with E-state index < -0.39 is 17.4 Å². The van der Waals surface area contributed by atoms with Crippen LogP contribution in [0.1, 0.15) is 54.9 Å².